The Balaban J connectivity index is 2.28. The Hall–Kier alpha value is -0.340. The van der Waals surface area contributed by atoms with Gasteiger partial charge in [0.2, 0.25) is 0 Å². The smallest absolute Gasteiger partial charge is 0.0697 e. The van der Waals surface area contributed by atoms with Crippen molar-refractivity contribution in [3.8, 4) is 0 Å². The minimum atomic E-state index is 0.178. The van der Waals surface area contributed by atoms with Gasteiger partial charge < -0.3 is 10.1 Å². The molecule has 1 aliphatic rings. The molecule has 0 aromatic carbocycles. The van der Waals surface area contributed by atoms with Crippen LogP contribution < -0.4 is 5.32 Å². The molecule has 0 bridgehead atoms. The van der Waals surface area contributed by atoms with Crippen LogP contribution in [-0.2, 0) is 4.74 Å². The molecule has 0 spiro atoms. The van der Waals surface area contributed by atoms with Crippen molar-refractivity contribution in [2.45, 2.75) is 65.5 Å². The molecule has 3 unspecified atom stereocenters. The summed E-state index contributed by atoms with van der Waals surface area (Å²) in [6, 6.07) is 0. The van der Waals surface area contributed by atoms with Crippen LogP contribution >= 0.6 is 0 Å². The van der Waals surface area contributed by atoms with Gasteiger partial charge in [0, 0.05) is 12.1 Å². The molecule has 0 amide bonds. The number of nitrogens with one attached hydrogen (secondary N) is 1. The van der Waals surface area contributed by atoms with Crippen LogP contribution in [0.1, 0.15) is 53.9 Å². The lowest BCUT2D eigenvalue weighted by molar-refractivity contribution is 0.0122. The van der Waals surface area contributed by atoms with Crippen molar-refractivity contribution in [3.63, 3.8) is 0 Å². The molecule has 18 heavy (non-hydrogen) atoms. The molecular weight excluding hydrogens is 222 g/mol. The third kappa shape index (κ3) is 6.01. The Morgan fingerprint density at radius 1 is 1.28 bits per heavy atom. The Bertz CT molecular complexity index is 254. The van der Waals surface area contributed by atoms with E-state index >= 15 is 0 Å². The number of ether oxygens (including phenoxy) is 1. The second kappa shape index (κ2) is 7.30. The molecule has 0 fully saturated rings. The fourth-order valence-electron chi connectivity index (χ4n) is 2.24. The first-order chi connectivity index (χ1) is 8.42. The molecule has 3 atom stereocenters. The minimum absolute atomic E-state index is 0.178. The summed E-state index contributed by atoms with van der Waals surface area (Å²) in [6.07, 6.45) is 8.44. The molecule has 0 aromatic rings. The quantitative estimate of drug-likeness (QED) is 0.728. The molecule has 1 aliphatic carbocycles. The van der Waals surface area contributed by atoms with Crippen LogP contribution in [-0.4, -0.2) is 24.8 Å². The summed E-state index contributed by atoms with van der Waals surface area (Å²) < 4.78 is 6.10. The zero-order valence-electron chi connectivity index (χ0n) is 12.8. The van der Waals surface area contributed by atoms with Gasteiger partial charge in [-0.1, -0.05) is 26.0 Å². The summed E-state index contributed by atoms with van der Waals surface area (Å²) in [5.41, 5.74) is 0.178. The maximum absolute atomic E-state index is 6.10. The Kier molecular flexibility index (Phi) is 6.37. The highest BCUT2D eigenvalue weighted by molar-refractivity contribution is 4.93. The van der Waals surface area contributed by atoms with Crippen LogP contribution in [0.15, 0.2) is 12.2 Å². The Morgan fingerprint density at radius 2 is 1.94 bits per heavy atom. The lowest BCUT2D eigenvalue weighted by atomic mass is 9.85. The molecule has 2 heteroatoms. The fraction of sp³-hybridized carbons (Fsp3) is 0.875. The van der Waals surface area contributed by atoms with Crippen LogP contribution in [0.5, 0.6) is 0 Å². The van der Waals surface area contributed by atoms with E-state index in [0.717, 1.165) is 25.5 Å². The number of rotatable bonds is 6. The van der Waals surface area contributed by atoms with Crippen molar-refractivity contribution in [1.82, 2.24) is 5.32 Å². The number of hydrogen-bond acceptors (Lipinski definition) is 2. The van der Waals surface area contributed by atoms with Crippen LogP contribution in [0.25, 0.3) is 0 Å². The third-order valence-corrected chi connectivity index (χ3v) is 3.78. The van der Waals surface area contributed by atoms with Gasteiger partial charge in [0.25, 0.3) is 0 Å². The van der Waals surface area contributed by atoms with E-state index in [9.17, 15) is 0 Å². The monoisotopic (exact) mass is 253 g/mol. The second-order valence-electron chi connectivity index (χ2n) is 6.67. The van der Waals surface area contributed by atoms with E-state index < -0.39 is 0 Å². The summed E-state index contributed by atoms with van der Waals surface area (Å²) in [5.74, 6) is 1.47. The van der Waals surface area contributed by atoms with E-state index in [0.29, 0.717) is 12.0 Å². The molecule has 0 saturated carbocycles. The SMILES string of the molecule is CCC(CNC(C)(C)C)OCC1CC=CCC1C. The van der Waals surface area contributed by atoms with Crippen LogP contribution in [0, 0.1) is 11.8 Å². The molecule has 1 N–H and O–H groups in total. The van der Waals surface area contributed by atoms with Gasteiger partial charge in [0.1, 0.15) is 0 Å². The second-order valence-corrected chi connectivity index (χ2v) is 6.67. The summed E-state index contributed by atoms with van der Waals surface area (Å²) in [6.45, 7) is 13.0. The average molecular weight is 253 g/mol. The molecule has 2 nitrogen and oxygen atoms in total. The predicted octanol–water partition coefficient (Wildman–Crippen LogP) is 3.77. The number of hydrogen-bond donors (Lipinski definition) is 1. The first kappa shape index (κ1) is 15.7. The summed E-state index contributed by atoms with van der Waals surface area (Å²) in [4.78, 5) is 0. The zero-order valence-corrected chi connectivity index (χ0v) is 12.8. The summed E-state index contributed by atoms with van der Waals surface area (Å²) >= 11 is 0. The van der Waals surface area contributed by atoms with Crippen LogP contribution in [0.3, 0.4) is 0 Å². The van der Waals surface area contributed by atoms with Crippen molar-refractivity contribution < 1.29 is 4.74 Å². The van der Waals surface area contributed by atoms with Gasteiger partial charge in [-0.2, -0.15) is 0 Å². The molecule has 0 radical (unpaired) electrons. The predicted molar refractivity (Wildman–Crippen MR) is 78.8 cm³/mol. The van der Waals surface area contributed by atoms with E-state index in [2.05, 4.69) is 52.1 Å². The first-order valence-corrected chi connectivity index (χ1v) is 7.44. The summed E-state index contributed by atoms with van der Waals surface area (Å²) in [7, 11) is 0. The van der Waals surface area contributed by atoms with Gasteiger partial charge in [-0.15, -0.1) is 0 Å². The van der Waals surface area contributed by atoms with Gasteiger partial charge in [0.15, 0.2) is 0 Å². The van der Waals surface area contributed by atoms with Crippen molar-refractivity contribution in [3.05, 3.63) is 12.2 Å². The van der Waals surface area contributed by atoms with Gasteiger partial charge in [-0.05, 0) is 51.9 Å². The molecule has 1 rings (SSSR count). The van der Waals surface area contributed by atoms with Gasteiger partial charge >= 0.3 is 0 Å². The van der Waals surface area contributed by atoms with Crippen molar-refractivity contribution in [1.29, 1.82) is 0 Å². The lowest BCUT2D eigenvalue weighted by Gasteiger charge is -2.29. The van der Waals surface area contributed by atoms with Crippen molar-refractivity contribution in [2.24, 2.45) is 11.8 Å². The summed E-state index contributed by atoms with van der Waals surface area (Å²) in [5, 5.41) is 3.53. The maximum atomic E-state index is 6.10. The largest absolute Gasteiger partial charge is 0.377 e. The standard InChI is InChI=1S/C16H31NO/c1-6-15(11-17-16(3,4)5)18-12-14-10-8-7-9-13(14)2/h7-8,13-15,17H,6,9-12H2,1-5H3. The molecule has 0 aliphatic heterocycles. The van der Waals surface area contributed by atoms with Gasteiger partial charge in [-0.3, -0.25) is 0 Å². The fourth-order valence-corrected chi connectivity index (χ4v) is 2.24. The highest BCUT2D eigenvalue weighted by Crippen LogP contribution is 2.25. The van der Waals surface area contributed by atoms with Crippen molar-refractivity contribution in [2.75, 3.05) is 13.2 Å². The zero-order chi connectivity index (χ0) is 13.6. The highest BCUT2D eigenvalue weighted by atomic mass is 16.5. The van der Waals surface area contributed by atoms with E-state index in [4.69, 9.17) is 4.74 Å². The molecule has 0 aromatic heterocycles. The topological polar surface area (TPSA) is 21.3 Å². The average Bonchev–Trinajstić information content (AvgIpc) is 2.30. The molecule has 0 heterocycles. The minimum Gasteiger partial charge on any atom is -0.377 e. The Morgan fingerprint density at radius 3 is 2.50 bits per heavy atom. The van der Waals surface area contributed by atoms with Crippen LogP contribution in [0.4, 0.5) is 0 Å². The van der Waals surface area contributed by atoms with E-state index in [-0.39, 0.29) is 5.54 Å². The third-order valence-electron chi connectivity index (χ3n) is 3.78. The van der Waals surface area contributed by atoms with E-state index in [1.165, 1.54) is 12.8 Å². The Labute approximate surface area is 113 Å². The highest BCUT2D eigenvalue weighted by Gasteiger charge is 2.20. The number of allylic oxidation sites excluding steroid dienone is 2. The van der Waals surface area contributed by atoms with Gasteiger partial charge in [-0.25, -0.2) is 0 Å². The van der Waals surface area contributed by atoms with E-state index in [1.54, 1.807) is 0 Å². The lowest BCUT2D eigenvalue weighted by Crippen LogP contribution is -2.42. The van der Waals surface area contributed by atoms with Gasteiger partial charge in [0.05, 0.1) is 12.7 Å². The van der Waals surface area contributed by atoms with E-state index in [1.807, 2.05) is 0 Å². The van der Waals surface area contributed by atoms with Crippen LogP contribution in [0.2, 0.25) is 0 Å². The molecule has 0 saturated heterocycles. The molecule has 106 valence electrons. The first-order valence-electron chi connectivity index (χ1n) is 7.44. The maximum Gasteiger partial charge on any atom is 0.0697 e. The normalized spacial score (nSPS) is 26.3. The molecular formula is C16H31NO. The van der Waals surface area contributed by atoms with Crippen molar-refractivity contribution >= 4 is 0 Å².